The zero-order valence-corrected chi connectivity index (χ0v) is 12.5. The number of aliphatic hydroxyl groups excluding tert-OH is 1. The van der Waals surface area contributed by atoms with Crippen LogP contribution in [0.1, 0.15) is 37.7 Å². The molecule has 1 saturated carbocycles. The van der Waals surface area contributed by atoms with Gasteiger partial charge in [-0.25, -0.2) is 0 Å². The molecule has 1 aliphatic carbocycles. The molecule has 1 N–H and O–H groups in total. The van der Waals surface area contributed by atoms with Gasteiger partial charge in [-0.3, -0.25) is 4.79 Å². The maximum atomic E-state index is 12.5. The summed E-state index contributed by atoms with van der Waals surface area (Å²) in [6.45, 7) is 2.70. The Morgan fingerprint density at radius 1 is 1.43 bits per heavy atom. The number of aryl methyl sites for hydroxylation is 1. The van der Waals surface area contributed by atoms with E-state index in [1.54, 1.807) is 0 Å². The highest BCUT2D eigenvalue weighted by molar-refractivity contribution is 5.79. The van der Waals surface area contributed by atoms with Gasteiger partial charge in [-0.15, -0.1) is 0 Å². The monoisotopic (exact) mass is 289 g/mol. The van der Waals surface area contributed by atoms with Gasteiger partial charge in [-0.1, -0.05) is 25.0 Å². The van der Waals surface area contributed by atoms with Gasteiger partial charge in [-0.2, -0.15) is 0 Å². The molecule has 1 amide bonds. The third-order valence-electron chi connectivity index (χ3n) is 4.91. The lowest BCUT2D eigenvalue weighted by Crippen LogP contribution is -2.52. The summed E-state index contributed by atoms with van der Waals surface area (Å²) in [4.78, 5) is 14.4. The topological polar surface area (TPSA) is 49.8 Å². The molecule has 2 aliphatic rings. The molecule has 3 rings (SSSR count). The summed E-state index contributed by atoms with van der Waals surface area (Å²) in [6.07, 6.45) is 4.35. The van der Waals surface area contributed by atoms with Crippen molar-refractivity contribution in [1.29, 1.82) is 0 Å². The van der Waals surface area contributed by atoms with E-state index in [2.05, 4.69) is 0 Å². The first-order chi connectivity index (χ1) is 10.1. The van der Waals surface area contributed by atoms with Gasteiger partial charge in [0.05, 0.1) is 11.6 Å². The summed E-state index contributed by atoms with van der Waals surface area (Å²) in [5.41, 5.74) is 0.802. The molecule has 4 nitrogen and oxygen atoms in total. The molecular weight excluding hydrogens is 266 g/mol. The van der Waals surface area contributed by atoms with Gasteiger partial charge in [0, 0.05) is 6.54 Å². The number of carbonyl (C=O) groups excluding carboxylic acids is 1. The molecule has 1 aliphatic heterocycles. The van der Waals surface area contributed by atoms with Crippen LogP contribution in [0.5, 0.6) is 5.75 Å². The molecule has 1 saturated heterocycles. The minimum Gasteiger partial charge on any atom is -0.484 e. The Balaban J connectivity index is 1.65. The molecule has 1 aromatic carbocycles. The molecular formula is C17H23NO3. The molecule has 114 valence electrons. The lowest BCUT2D eigenvalue weighted by molar-refractivity contribution is -0.139. The average Bonchev–Trinajstić information content (AvgIpc) is 3.07. The first-order valence-corrected chi connectivity index (χ1v) is 7.80. The first kappa shape index (κ1) is 14.4. The van der Waals surface area contributed by atoms with E-state index in [9.17, 15) is 9.90 Å². The van der Waals surface area contributed by atoms with Gasteiger partial charge in [-0.05, 0) is 43.9 Å². The summed E-state index contributed by atoms with van der Waals surface area (Å²) in [7, 11) is 0. The summed E-state index contributed by atoms with van der Waals surface area (Å²) in [5.74, 6) is 0.721. The number of nitrogens with zero attached hydrogens (tertiary/aromatic N) is 1. The van der Waals surface area contributed by atoms with Gasteiger partial charge in [0.15, 0.2) is 6.61 Å². The van der Waals surface area contributed by atoms with E-state index in [4.69, 9.17) is 4.74 Å². The van der Waals surface area contributed by atoms with E-state index in [0.29, 0.717) is 13.0 Å². The van der Waals surface area contributed by atoms with Crippen LogP contribution in [0.4, 0.5) is 0 Å². The minimum absolute atomic E-state index is 0.00467. The van der Waals surface area contributed by atoms with Crippen LogP contribution in [0, 0.1) is 6.92 Å². The molecule has 1 aromatic rings. The fourth-order valence-corrected chi connectivity index (χ4v) is 3.81. The van der Waals surface area contributed by atoms with Gasteiger partial charge in [0.25, 0.3) is 5.91 Å². The fraction of sp³-hybridized carbons (Fsp3) is 0.588. The second-order valence-electron chi connectivity index (χ2n) is 6.27. The SMILES string of the molecule is Cc1cccc(OCC(=O)N2CCC(O)C23CCCC3)c1. The Labute approximate surface area is 125 Å². The number of likely N-dealkylation sites (tertiary alicyclic amines) is 1. The van der Waals surface area contributed by atoms with Crippen LogP contribution >= 0.6 is 0 Å². The number of rotatable bonds is 3. The largest absolute Gasteiger partial charge is 0.484 e. The lowest BCUT2D eigenvalue weighted by Gasteiger charge is -2.37. The van der Waals surface area contributed by atoms with Gasteiger partial charge < -0.3 is 14.7 Å². The van der Waals surface area contributed by atoms with Crippen LogP contribution in [0.15, 0.2) is 24.3 Å². The Morgan fingerprint density at radius 2 is 2.19 bits per heavy atom. The summed E-state index contributed by atoms with van der Waals surface area (Å²) in [6, 6.07) is 7.72. The van der Waals surface area contributed by atoms with E-state index >= 15 is 0 Å². The van der Waals surface area contributed by atoms with Gasteiger partial charge in [0.2, 0.25) is 0 Å². The van der Waals surface area contributed by atoms with Crippen LogP contribution < -0.4 is 4.74 Å². The Morgan fingerprint density at radius 3 is 2.90 bits per heavy atom. The molecule has 1 heterocycles. The summed E-state index contributed by atoms with van der Waals surface area (Å²) < 4.78 is 5.63. The molecule has 21 heavy (non-hydrogen) atoms. The number of ether oxygens (including phenoxy) is 1. The number of hydrogen-bond donors (Lipinski definition) is 1. The number of amides is 1. The smallest absolute Gasteiger partial charge is 0.261 e. The second kappa shape index (κ2) is 5.68. The van der Waals surface area contributed by atoms with E-state index in [-0.39, 0.29) is 24.2 Å². The number of carbonyl (C=O) groups is 1. The Bertz CT molecular complexity index is 523. The van der Waals surface area contributed by atoms with Crippen molar-refractivity contribution in [1.82, 2.24) is 4.90 Å². The van der Waals surface area contributed by atoms with Crippen LogP contribution in [0.2, 0.25) is 0 Å². The summed E-state index contributed by atoms with van der Waals surface area (Å²) >= 11 is 0. The molecule has 0 bridgehead atoms. The molecule has 1 spiro atoms. The Hall–Kier alpha value is -1.55. The van der Waals surface area contributed by atoms with Crippen LogP contribution in [-0.2, 0) is 4.79 Å². The Kier molecular flexibility index (Phi) is 3.89. The molecule has 1 atom stereocenters. The predicted molar refractivity (Wildman–Crippen MR) is 80.2 cm³/mol. The normalized spacial score (nSPS) is 23.7. The quantitative estimate of drug-likeness (QED) is 0.928. The van der Waals surface area contributed by atoms with E-state index in [0.717, 1.165) is 37.0 Å². The van der Waals surface area contributed by atoms with Crippen molar-refractivity contribution in [2.24, 2.45) is 0 Å². The highest BCUT2D eigenvalue weighted by atomic mass is 16.5. The van der Waals surface area contributed by atoms with Crippen molar-refractivity contribution in [3.05, 3.63) is 29.8 Å². The minimum atomic E-state index is -0.372. The predicted octanol–water partition coefficient (Wildman–Crippen LogP) is 2.28. The number of hydrogen-bond acceptors (Lipinski definition) is 3. The summed E-state index contributed by atoms with van der Waals surface area (Å²) in [5, 5.41) is 10.3. The van der Waals surface area contributed by atoms with Crippen molar-refractivity contribution in [3.63, 3.8) is 0 Å². The number of aliphatic hydroxyl groups is 1. The lowest BCUT2D eigenvalue weighted by atomic mass is 9.91. The number of benzene rings is 1. The van der Waals surface area contributed by atoms with Crippen molar-refractivity contribution in [2.45, 2.75) is 50.7 Å². The third kappa shape index (κ3) is 2.64. The fourth-order valence-electron chi connectivity index (χ4n) is 3.81. The standard InChI is InChI=1S/C17H23NO3/c1-13-5-4-6-14(11-13)21-12-16(20)18-10-7-15(19)17(18)8-2-3-9-17/h4-6,11,15,19H,2-3,7-10,12H2,1H3. The van der Waals surface area contributed by atoms with Crippen molar-refractivity contribution in [2.75, 3.05) is 13.2 Å². The van der Waals surface area contributed by atoms with Gasteiger partial charge in [0.1, 0.15) is 5.75 Å². The van der Waals surface area contributed by atoms with Crippen molar-refractivity contribution < 1.29 is 14.6 Å². The van der Waals surface area contributed by atoms with Crippen molar-refractivity contribution >= 4 is 5.91 Å². The molecule has 4 heteroatoms. The first-order valence-electron chi connectivity index (χ1n) is 7.80. The molecule has 0 radical (unpaired) electrons. The molecule has 0 aromatic heterocycles. The molecule has 1 unspecified atom stereocenters. The van der Waals surface area contributed by atoms with E-state index < -0.39 is 0 Å². The second-order valence-corrected chi connectivity index (χ2v) is 6.27. The van der Waals surface area contributed by atoms with Gasteiger partial charge >= 0.3 is 0 Å². The van der Waals surface area contributed by atoms with Crippen LogP contribution in [-0.4, -0.2) is 40.7 Å². The highest BCUT2D eigenvalue weighted by Gasteiger charge is 2.51. The van der Waals surface area contributed by atoms with Crippen molar-refractivity contribution in [3.8, 4) is 5.75 Å². The zero-order valence-electron chi connectivity index (χ0n) is 12.5. The zero-order chi connectivity index (χ0) is 14.9. The maximum absolute atomic E-state index is 12.5. The van der Waals surface area contributed by atoms with E-state index in [1.807, 2.05) is 36.1 Å². The maximum Gasteiger partial charge on any atom is 0.261 e. The van der Waals surface area contributed by atoms with E-state index in [1.165, 1.54) is 0 Å². The van der Waals surface area contributed by atoms with Crippen LogP contribution in [0.25, 0.3) is 0 Å². The average molecular weight is 289 g/mol. The third-order valence-corrected chi connectivity index (χ3v) is 4.91. The molecule has 2 fully saturated rings. The highest BCUT2D eigenvalue weighted by Crippen LogP contribution is 2.43. The van der Waals surface area contributed by atoms with Crippen LogP contribution in [0.3, 0.4) is 0 Å².